The standard InChI is InChI=1S/C24H37N7O/c1-3-22-29-27-19-31(22)18-15-26-24(28-20(2)21-11-6-4-7-12-21)25-14-10-17-30-16-9-5-8-13-23(30)32/h4,6-7,11-12,19-20H,3,5,8-10,13-18H2,1-2H3,(H2,25,26,28). The van der Waals surface area contributed by atoms with E-state index in [-0.39, 0.29) is 6.04 Å². The van der Waals surface area contributed by atoms with Gasteiger partial charge in [0.15, 0.2) is 5.96 Å². The summed E-state index contributed by atoms with van der Waals surface area (Å²) in [6.07, 6.45) is 7.48. The predicted molar refractivity (Wildman–Crippen MR) is 127 cm³/mol. The summed E-state index contributed by atoms with van der Waals surface area (Å²) in [5, 5.41) is 15.1. The molecule has 0 aliphatic carbocycles. The number of carbonyl (C=O) groups excluding carboxylic acids is 1. The fourth-order valence-electron chi connectivity index (χ4n) is 3.94. The Hall–Kier alpha value is -2.90. The molecule has 1 fully saturated rings. The van der Waals surface area contributed by atoms with E-state index < -0.39 is 0 Å². The monoisotopic (exact) mass is 439 g/mol. The van der Waals surface area contributed by atoms with Crippen LogP contribution in [-0.2, 0) is 17.8 Å². The molecular weight excluding hydrogens is 402 g/mol. The minimum atomic E-state index is 0.135. The lowest BCUT2D eigenvalue weighted by Crippen LogP contribution is -2.40. The molecule has 32 heavy (non-hydrogen) atoms. The zero-order valence-corrected chi connectivity index (χ0v) is 19.5. The van der Waals surface area contributed by atoms with Crippen LogP contribution in [0.3, 0.4) is 0 Å². The van der Waals surface area contributed by atoms with Gasteiger partial charge in [-0.05, 0) is 31.7 Å². The average Bonchev–Trinajstić information content (AvgIpc) is 3.17. The Morgan fingerprint density at radius 2 is 2.03 bits per heavy atom. The van der Waals surface area contributed by atoms with Gasteiger partial charge in [-0.25, -0.2) is 0 Å². The summed E-state index contributed by atoms with van der Waals surface area (Å²) >= 11 is 0. The van der Waals surface area contributed by atoms with E-state index in [0.717, 1.165) is 70.1 Å². The molecule has 1 aliphatic rings. The van der Waals surface area contributed by atoms with Crippen molar-refractivity contribution in [1.29, 1.82) is 0 Å². The van der Waals surface area contributed by atoms with Gasteiger partial charge in [0, 0.05) is 45.6 Å². The molecule has 0 spiro atoms. The van der Waals surface area contributed by atoms with Crippen LogP contribution in [0.4, 0.5) is 0 Å². The highest BCUT2D eigenvalue weighted by atomic mass is 16.2. The number of rotatable bonds is 10. The van der Waals surface area contributed by atoms with Crippen molar-refractivity contribution in [3.8, 4) is 0 Å². The van der Waals surface area contributed by atoms with Crippen LogP contribution >= 0.6 is 0 Å². The highest BCUT2D eigenvalue weighted by Gasteiger charge is 2.15. The number of amides is 1. The van der Waals surface area contributed by atoms with Gasteiger partial charge in [-0.2, -0.15) is 0 Å². The van der Waals surface area contributed by atoms with Gasteiger partial charge in [-0.3, -0.25) is 9.79 Å². The molecule has 0 radical (unpaired) electrons. The Morgan fingerprint density at radius 3 is 2.84 bits per heavy atom. The van der Waals surface area contributed by atoms with E-state index in [9.17, 15) is 4.79 Å². The van der Waals surface area contributed by atoms with Crippen molar-refractivity contribution in [2.75, 3.05) is 26.2 Å². The van der Waals surface area contributed by atoms with Crippen LogP contribution in [0.5, 0.6) is 0 Å². The molecule has 8 heteroatoms. The van der Waals surface area contributed by atoms with Gasteiger partial charge in [0.25, 0.3) is 0 Å². The van der Waals surface area contributed by atoms with Crippen LogP contribution in [0, 0.1) is 0 Å². The molecule has 0 saturated carbocycles. The molecule has 174 valence electrons. The van der Waals surface area contributed by atoms with Crippen molar-refractivity contribution in [3.05, 3.63) is 48.0 Å². The second-order valence-corrected chi connectivity index (χ2v) is 8.27. The molecule has 1 atom stereocenters. The van der Waals surface area contributed by atoms with Crippen LogP contribution in [0.1, 0.15) is 63.4 Å². The summed E-state index contributed by atoms with van der Waals surface area (Å²) in [6, 6.07) is 10.5. The second kappa shape index (κ2) is 12.8. The van der Waals surface area contributed by atoms with E-state index in [1.807, 2.05) is 23.1 Å². The number of nitrogens with one attached hydrogen (secondary N) is 2. The zero-order chi connectivity index (χ0) is 22.6. The summed E-state index contributed by atoms with van der Waals surface area (Å²) in [6.45, 7) is 8.06. The molecule has 1 aliphatic heterocycles. The third kappa shape index (κ3) is 7.35. The topological polar surface area (TPSA) is 87.4 Å². The predicted octanol–water partition coefficient (Wildman–Crippen LogP) is 2.93. The lowest BCUT2D eigenvalue weighted by atomic mass is 10.1. The molecule has 2 N–H and O–H groups in total. The van der Waals surface area contributed by atoms with Crippen molar-refractivity contribution >= 4 is 11.9 Å². The number of guanidine groups is 1. The minimum Gasteiger partial charge on any atom is -0.355 e. The van der Waals surface area contributed by atoms with E-state index in [1.54, 1.807) is 6.33 Å². The Kier molecular flexibility index (Phi) is 9.53. The van der Waals surface area contributed by atoms with Gasteiger partial charge in [-0.1, -0.05) is 43.7 Å². The fourth-order valence-corrected chi connectivity index (χ4v) is 3.94. The number of hydrogen-bond acceptors (Lipinski definition) is 4. The summed E-state index contributed by atoms with van der Waals surface area (Å²) < 4.78 is 2.07. The largest absolute Gasteiger partial charge is 0.355 e. The van der Waals surface area contributed by atoms with E-state index in [0.29, 0.717) is 18.9 Å². The first kappa shape index (κ1) is 23.8. The van der Waals surface area contributed by atoms with E-state index in [4.69, 9.17) is 4.99 Å². The zero-order valence-electron chi connectivity index (χ0n) is 19.5. The van der Waals surface area contributed by atoms with Crippen molar-refractivity contribution < 1.29 is 4.79 Å². The molecule has 2 aromatic rings. The summed E-state index contributed by atoms with van der Waals surface area (Å²) in [7, 11) is 0. The normalized spacial score (nSPS) is 16.0. The summed E-state index contributed by atoms with van der Waals surface area (Å²) in [4.78, 5) is 19.0. The van der Waals surface area contributed by atoms with Gasteiger partial charge in [0.05, 0.1) is 6.04 Å². The van der Waals surface area contributed by atoms with Crippen molar-refractivity contribution in [2.45, 2.75) is 65.0 Å². The quantitative estimate of drug-likeness (QED) is 0.338. The summed E-state index contributed by atoms with van der Waals surface area (Å²) in [5.41, 5.74) is 1.21. The first-order valence-electron chi connectivity index (χ1n) is 11.9. The molecule has 1 amide bonds. The third-order valence-electron chi connectivity index (χ3n) is 5.84. The van der Waals surface area contributed by atoms with Crippen molar-refractivity contribution in [3.63, 3.8) is 0 Å². The number of nitrogens with zero attached hydrogens (tertiary/aromatic N) is 5. The number of hydrogen-bond donors (Lipinski definition) is 2. The average molecular weight is 440 g/mol. The highest BCUT2D eigenvalue weighted by molar-refractivity contribution is 5.80. The number of aryl methyl sites for hydroxylation is 1. The van der Waals surface area contributed by atoms with Crippen LogP contribution in [-0.4, -0.2) is 57.7 Å². The lowest BCUT2D eigenvalue weighted by Gasteiger charge is -2.21. The van der Waals surface area contributed by atoms with E-state index in [1.165, 1.54) is 5.56 Å². The molecular formula is C24H37N7O. The smallest absolute Gasteiger partial charge is 0.222 e. The maximum absolute atomic E-state index is 12.2. The molecule has 3 rings (SSSR count). The molecule has 2 heterocycles. The number of likely N-dealkylation sites (tertiary alicyclic amines) is 1. The van der Waals surface area contributed by atoms with Crippen LogP contribution in [0.25, 0.3) is 0 Å². The summed E-state index contributed by atoms with van der Waals surface area (Å²) in [5.74, 6) is 2.06. The Bertz CT molecular complexity index is 849. The third-order valence-corrected chi connectivity index (χ3v) is 5.84. The molecule has 1 unspecified atom stereocenters. The highest BCUT2D eigenvalue weighted by Crippen LogP contribution is 2.12. The molecule has 1 saturated heterocycles. The first-order valence-corrected chi connectivity index (χ1v) is 11.9. The number of aliphatic imine (C=N–C) groups is 1. The Balaban J connectivity index is 1.55. The van der Waals surface area contributed by atoms with Crippen molar-refractivity contribution in [2.24, 2.45) is 4.99 Å². The molecule has 8 nitrogen and oxygen atoms in total. The van der Waals surface area contributed by atoms with Gasteiger partial charge >= 0.3 is 0 Å². The minimum absolute atomic E-state index is 0.135. The maximum atomic E-state index is 12.2. The molecule has 1 aromatic heterocycles. The second-order valence-electron chi connectivity index (χ2n) is 8.27. The van der Waals surface area contributed by atoms with Crippen LogP contribution in [0.15, 0.2) is 41.7 Å². The van der Waals surface area contributed by atoms with Crippen LogP contribution in [0.2, 0.25) is 0 Å². The Labute approximate surface area is 191 Å². The molecule has 1 aromatic carbocycles. The van der Waals surface area contributed by atoms with Gasteiger partial charge in [0.1, 0.15) is 12.2 Å². The Morgan fingerprint density at radius 1 is 1.19 bits per heavy atom. The van der Waals surface area contributed by atoms with Gasteiger partial charge in [-0.15, -0.1) is 10.2 Å². The van der Waals surface area contributed by atoms with Crippen LogP contribution < -0.4 is 10.6 Å². The van der Waals surface area contributed by atoms with Gasteiger partial charge in [0.2, 0.25) is 5.91 Å². The number of carbonyl (C=O) groups is 1. The SMILES string of the molecule is CCc1nncn1CCNC(=NCCCN1CCCCCC1=O)NC(C)c1ccccc1. The number of benzene rings is 1. The number of aromatic nitrogens is 3. The maximum Gasteiger partial charge on any atom is 0.222 e. The fraction of sp³-hybridized carbons (Fsp3) is 0.583. The van der Waals surface area contributed by atoms with E-state index in [2.05, 4.69) is 51.4 Å². The first-order chi connectivity index (χ1) is 15.7. The van der Waals surface area contributed by atoms with Gasteiger partial charge < -0.3 is 20.1 Å². The van der Waals surface area contributed by atoms with Crippen molar-refractivity contribution in [1.82, 2.24) is 30.3 Å². The van der Waals surface area contributed by atoms with E-state index >= 15 is 0 Å². The molecule has 0 bridgehead atoms. The lowest BCUT2D eigenvalue weighted by molar-refractivity contribution is -0.130.